The maximum atomic E-state index is 5.80. The van der Waals surface area contributed by atoms with Gasteiger partial charge in [-0.25, -0.2) is 9.97 Å². The number of aromatic nitrogens is 2. The van der Waals surface area contributed by atoms with Crippen LogP contribution in [0.3, 0.4) is 0 Å². The Morgan fingerprint density at radius 1 is 1.24 bits per heavy atom. The van der Waals surface area contributed by atoms with Gasteiger partial charge in [-0.2, -0.15) is 0 Å². The van der Waals surface area contributed by atoms with E-state index in [1.807, 2.05) is 6.92 Å². The summed E-state index contributed by atoms with van der Waals surface area (Å²) < 4.78 is 5.32. The summed E-state index contributed by atoms with van der Waals surface area (Å²) in [5.41, 5.74) is 5.80. The minimum atomic E-state index is 0.389. The Balaban J connectivity index is 2.56. The molecule has 1 aromatic heterocycles. The summed E-state index contributed by atoms with van der Waals surface area (Å²) in [4.78, 5) is 11.0. The van der Waals surface area contributed by atoms with Crippen LogP contribution in [0.1, 0.15) is 40.4 Å². The van der Waals surface area contributed by atoms with E-state index in [9.17, 15) is 0 Å². The molecule has 3 N–H and O–H groups in total. The van der Waals surface area contributed by atoms with E-state index in [4.69, 9.17) is 10.5 Å². The molecule has 0 saturated carbocycles. The molecule has 120 valence electrons. The summed E-state index contributed by atoms with van der Waals surface area (Å²) in [6, 6.07) is 2.80. The van der Waals surface area contributed by atoms with Crippen LogP contribution in [-0.4, -0.2) is 46.6 Å². The van der Waals surface area contributed by atoms with Crippen LogP contribution >= 0.6 is 0 Å². The largest absolute Gasteiger partial charge is 0.384 e. The predicted octanol–water partition coefficient (Wildman–Crippen LogP) is 2.13. The first-order chi connectivity index (χ1) is 9.93. The van der Waals surface area contributed by atoms with E-state index < -0.39 is 0 Å². The van der Waals surface area contributed by atoms with Crippen molar-refractivity contribution < 1.29 is 4.74 Å². The second-order valence-corrected chi connectivity index (χ2v) is 5.58. The molecule has 0 fully saturated rings. The summed E-state index contributed by atoms with van der Waals surface area (Å²) in [5, 5.41) is 3.31. The lowest BCUT2D eigenvalue weighted by Gasteiger charge is -2.30. The van der Waals surface area contributed by atoms with Crippen LogP contribution in [0.15, 0.2) is 6.07 Å². The lowest BCUT2D eigenvalue weighted by atomic mass is 10.2. The van der Waals surface area contributed by atoms with Gasteiger partial charge in [-0.3, -0.25) is 4.90 Å². The Morgan fingerprint density at radius 3 is 2.48 bits per heavy atom. The third-order valence-electron chi connectivity index (χ3n) is 3.23. The zero-order valence-electron chi connectivity index (χ0n) is 13.9. The van der Waals surface area contributed by atoms with Crippen molar-refractivity contribution >= 4 is 11.6 Å². The molecule has 0 aliphatic rings. The number of ether oxygens (including phenoxy) is 1. The van der Waals surface area contributed by atoms with Crippen molar-refractivity contribution in [1.29, 1.82) is 0 Å². The number of anilines is 2. The Kier molecular flexibility index (Phi) is 7.39. The van der Waals surface area contributed by atoms with Gasteiger partial charge in [0.2, 0.25) is 0 Å². The van der Waals surface area contributed by atoms with Gasteiger partial charge < -0.3 is 15.8 Å². The fourth-order valence-corrected chi connectivity index (χ4v) is 2.29. The second kappa shape index (κ2) is 8.79. The molecule has 0 atom stereocenters. The third kappa shape index (κ3) is 6.27. The van der Waals surface area contributed by atoms with Crippen molar-refractivity contribution in [2.24, 2.45) is 0 Å². The predicted molar refractivity (Wildman–Crippen MR) is 87.2 cm³/mol. The number of nitrogens with one attached hydrogen (secondary N) is 1. The van der Waals surface area contributed by atoms with Gasteiger partial charge in [0, 0.05) is 37.8 Å². The van der Waals surface area contributed by atoms with Crippen molar-refractivity contribution in [2.75, 3.05) is 30.7 Å². The maximum Gasteiger partial charge on any atom is 0.158 e. The molecule has 1 heterocycles. The van der Waals surface area contributed by atoms with E-state index in [-0.39, 0.29) is 0 Å². The van der Waals surface area contributed by atoms with Crippen LogP contribution in [0.5, 0.6) is 0 Å². The molecule has 0 aliphatic carbocycles. The van der Waals surface area contributed by atoms with E-state index in [0.29, 0.717) is 36.9 Å². The summed E-state index contributed by atoms with van der Waals surface area (Å²) in [5.74, 6) is 1.83. The lowest BCUT2D eigenvalue weighted by Crippen LogP contribution is -2.40. The monoisotopic (exact) mass is 295 g/mol. The number of nitrogens with two attached hydrogens (primary N) is 1. The second-order valence-electron chi connectivity index (χ2n) is 5.58. The average molecular weight is 295 g/mol. The number of nitrogens with zero attached hydrogens (tertiary/aromatic N) is 3. The van der Waals surface area contributed by atoms with Crippen LogP contribution in [0.4, 0.5) is 11.6 Å². The summed E-state index contributed by atoms with van der Waals surface area (Å²) in [7, 11) is 0. The molecular formula is C15H29N5O. The van der Waals surface area contributed by atoms with Crippen LogP contribution in [-0.2, 0) is 11.3 Å². The van der Waals surface area contributed by atoms with E-state index >= 15 is 0 Å². The molecule has 0 saturated heterocycles. The zero-order chi connectivity index (χ0) is 15.8. The SMILES string of the molecule is CCOCc1nc(N)cc(NCCN(C(C)C)C(C)C)n1. The Labute approximate surface area is 128 Å². The first-order valence-electron chi connectivity index (χ1n) is 7.64. The minimum Gasteiger partial charge on any atom is -0.384 e. The van der Waals surface area contributed by atoms with Gasteiger partial charge >= 0.3 is 0 Å². The number of hydrogen-bond donors (Lipinski definition) is 2. The van der Waals surface area contributed by atoms with Crippen LogP contribution < -0.4 is 11.1 Å². The molecule has 0 amide bonds. The first kappa shape index (κ1) is 17.7. The van der Waals surface area contributed by atoms with Crippen LogP contribution in [0, 0.1) is 0 Å². The molecule has 0 radical (unpaired) electrons. The molecule has 1 rings (SSSR count). The average Bonchev–Trinajstić information content (AvgIpc) is 2.40. The van der Waals surface area contributed by atoms with E-state index in [2.05, 4.69) is 47.9 Å². The molecule has 0 spiro atoms. The van der Waals surface area contributed by atoms with Gasteiger partial charge in [-0.15, -0.1) is 0 Å². The van der Waals surface area contributed by atoms with Crippen molar-refractivity contribution in [2.45, 2.75) is 53.3 Å². The van der Waals surface area contributed by atoms with E-state index in [0.717, 1.165) is 18.9 Å². The van der Waals surface area contributed by atoms with Crippen molar-refractivity contribution in [3.05, 3.63) is 11.9 Å². The Bertz CT molecular complexity index is 415. The summed E-state index contributed by atoms with van der Waals surface area (Å²) >= 11 is 0. The van der Waals surface area contributed by atoms with E-state index in [1.165, 1.54) is 0 Å². The highest BCUT2D eigenvalue weighted by Crippen LogP contribution is 2.10. The summed E-state index contributed by atoms with van der Waals surface area (Å²) in [6.07, 6.45) is 0. The standard InChI is InChI=1S/C15H29N5O/c1-6-21-10-15-18-13(16)9-14(19-15)17-7-8-20(11(2)3)12(4)5/h9,11-12H,6-8,10H2,1-5H3,(H3,16,17,18,19). The number of nitrogen functional groups attached to an aromatic ring is 1. The minimum absolute atomic E-state index is 0.389. The Hall–Kier alpha value is -1.40. The molecule has 0 aromatic carbocycles. The van der Waals surface area contributed by atoms with Gasteiger partial charge in [0.25, 0.3) is 0 Å². The topological polar surface area (TPSA) is 76.3 Å². The quantitative estimate of drug-likeness (QED) is 0.727. The highest BCUT2D eigenvalue weighted by molar-refractivity contribution is 5.44. The normalized spacial score (nSPS) is 11.6. The highest BCUT2D eigenvalue weighted by atomic mass is 16.5. The molecule has 0 unspecified atom stereocenters. The van der Waals surface area contributed by atoms with Gasteiger partial charge in [-0.1, -0.05) is 0 Å². The van der Waals surface area contributed by atoms with E-state index in [1.54, 1.807) is 6.07 Å². The molecule has 6 heteroatoms. The molecule has 1 aromatic rings. The van der Waals surface area contributed by atoms with Crippen molar-refractivity contribution in [3.8, 4) is 0 Å². The number of rotatable bonds is 9. The van der Waals surface area contributed by atoms with Crippen molar-refractivity contribution in [3.63, 3.8) is 0 Å². The molecule has 0 bridgehead atoms. The molecule has 6 nitrogen and oxygen atoms in total. The van der Waals surface area contributed by atoms with Gasteiger partial charge in [0.1, 0.15) is 18.2 Å². The third-order valence-corrected chi connectivity index (χ3v) is 3.23. The fraction of sp³-hybridized carbons (Fsp3) is 0.733. The highest BCUT2D eigenvalue weighted by Gasteiger charge is 2.12. The lowest BCUT2D eigenvalue weighted by molar-refractivity contribution is 0.128. The maximum absolute atomic E-state index is 5.80. The zero-order valence-corrected chi connectivity index (χ0v) is 13.9. The van der Waals surface area contributed by atoms with Crippen LogP contribution in [0.25, 0.3) is 0 Å². The first-order valence-corrected chi connectivity index (χ1v) is 7.64. The smallest absolute Gasteiger partial charge is 0.158 e. The van der Waals surface area contributed by atoms with Crippen LogP contribution in [0.2, 0.25) is 0 Å². The van der Waals surface area contributed by atoms with Gasteiger partial charge in [0.05, 0.1) is 0 Å². The number of hydrogen-bond acceptors (Lipinski definition) is 6. The molecular weight excluding hydrogens is 266 g/mol. The molecule has 21 heavy (non-hydrogen) atoms. The van der Waals surface area contributed by atoms with Crippen molar-refractivity contribution in [1.82, 2.24) is 14.9 Å². The Morgan fingerprint density at radius 2 is 1.90 bits per heavy atom. The van der Waals surface area contributed by atoms with Gasteiger partial charge in [0.15, 0.2) is 5.82 Å². The summed E-state index contributed by atoms with van der Waals surface area (Å²) in [6.45, 7) is 13.6. The molecule has 0 aliphatic heterocycles. The van der Waals surface area contributed by atoms with Gasteiger partial charge in [-0.05, 0) is 34.6 Å². The fourth-order valence-electron chi connectivity index (χ4n) is 2.29.